The first-order valence-electron chi connectivity index (χ1n) is 8.72. The van der Waals surface area contributed by atoms with Gasteiger partial charge in [-0.15, -0.1) is 0 Å². The molecule has 0 aromatic heterocycles. The van der Waals surface area contributed by atoms with Gasteiger partial charge in [-0.1, -0.05) is 12.8 Å². The van der Waals surface area contributed by atoms with Gasteiger partial charge in [0.2, 0.25) is 10.0 Å². The van der Waals surface area contributed by atoms with Crippen molar-refractivity contribution in [1.82, 2.24) is 4.72 Å². The topological polar surface area (TPSA) is 73.2 Å². The van der Waals surface area contributed by atoms with E-state index in [1.165, 1.54) is 31.7 Å². The van der Waals surface area contributed by atoms with Gasteiger partial charge in [0.25, 0.3) is 0 Å². The van der Waals surface area contributed by atoms with Gasteiger partial charge >= 0.3 is 0 Å². The monoisotopic (exact) mass is 347 g/mol. The average Bonchev–Trinajstić information content (AvgIpc) is 2.97. The number of rotatable bonds is 4. The van der Waals surface area contributed by atoms with E-state index in [-0.39, 0.29) is 10.9 Å². The summed E-state index contributed by atoms with van der Waals surface area (Å²) in [5, 5.41) is 9.16. The number of fused-ring (bicyclic) bond motifs is 1. The van der Waals surface area contributed by atoms with Gasteiger partial charge in [0, 0.05) is 19.1 Å². The summed E-state index contributed by atoms with van der Waals surface area (Å²) in [5.74, 6) is 1.34. The Bertz CT molecular complexity index is 738. The second kappa shape index (κ2) is 6.73. The lowest BCUT2D eigenvalue weighted by atomic mass is 9.82. The molecule has 1 aliphatic carbocycles. The normalized spacial score (nSPS) is 24.0. The minimum absolute atomic E-state index is 0.185. The molecular formula is C18H25N3O2S. The quantitative estimate of drug-likeness (QED) is 0.909. The SMILES string of the molecule is CC(C)NS(=O)(=O)c1cc(C#N)ccc1N1C[C@H]2CCCC[C@@H]2C1. The van der Waals surface area contributed by atoms with E-state index in [9.17, 15) is 8.42 Å². The largest absolute Gasteiger partial charge is 0.370 e. The van der Waals surface area contributed by atoms with Crippen molar-refractivity contribution in [3.8, 4) is 6.07 Å². The number of nitriles is 1. The van der Waals surface area contributed by atoms with Crippen LogP contribution in [-0.2, 0) is 10.0 Å². The molecule has 3 rings (SSSR count). The van der Waals surface area contributed by atoms with Gasteiger partial charge < -0.3 is 4.90 Å². The molecule has 0 bridgehead atoms. The Morgan fingerprint density at radius 1 is 1.21 bits per heavy atom. The van der Waals surface area contributed by atoms with E-state index in [4.69, 9.17) is 5.26 Å². The molecule has 1 heterocycles. The van der Waals surface area contributed by atoms with Crippen molar-refractivity contribution in [3.05, 3.63) is 23.8 Å². The summed E-state index contributed by atoms with van der Waals surface area (Å²) in [5.41, 5.74) is 1.11. The number of sulfonamides is 1. The van der Waals surface area contributed by atoms with Crippen molar-refractivity contribution in [2.24, 2.45) is 11.8 Å². The van der Waals surface area contributed by atoms with Crippen LogP contribution in [0.5, 0.6) is 0 Å². The smallest absolute Gasteiger partial charge is 0.242 e. The Balaban J connectivity index is 1.97. The second-order valence-electron chi connectivity index (χ2n) is 7.28. The fraction of sp³-hybridized carbons (Fsp3) is 0.611. The summed E-state index contributed by atoms with van der Waals surface area (Å²) in [7, 11) is -3.64. The van der Waals surface area contributed by atoms with E-state index in [0.29, 0.717) is 17.4 Å². The number of nitrogens with zero attached hydrogens (tertiary/aromatic N) is 2. The predicted octanol–water partition coefficient (Wildman–Crippen LogP) is 2.87. The third-order valence-electron chi connectivity index (χ3n) is 5.09. The number of anilines is 1. The molecule has 130 valence electrons. The molecule has 2 fully saturated rings. The van der Waals surface area contributed by atoms with Crippen LogP contribution in [0, 0.1) is 23.2 Å². The maximum Gasteiger partial charge on any atom is 0.242 e. The molecule has 6 heteroatoms. The van der Waals surface area contributed by atoms with Crippen molar-refractivity contribution < 1.29 is 8.42 Å². The lowest BCUT2D eigenvalue weighted by Crippen LogP contribution is -2.32. The van der Waals surface area contributed by atoms with Crippen molar-refractivity contribution in [3.63, 3.8) is 0 Å². The van der Waals surface area contributed by atoms with Gasteiger partial charge in [0.1, 0.15) is 4.90 Å². The molecule has 0 radical (unpaired) electrons. The highest BCUT2D eigenvalue weighted by molar-refractivity contribution is 7.89. The fourth-order valence-electron chi connectivity index (χ4n) is 4.04. The number of hydrogen-bond donors (Lipinski definition) is 1. The molecule has 0 unspecified atom stereocenters. The van der Waals surface area contributed by atoms with Gasteiger partial charge in [-0.05, 0) is 56.7 Å². The molecule has 2 aliphatic rings. The van der Waals surface area contributed by atoms with E-state index >= 15 is 0 Å². The molecule has 1 aliphatic heterocycles. The zero-order valence-electron chi connectivity index (χ0n) is 14.3. The molecule has 24 heavy (non-hydrogen) atoms. The van der Waals surface area contributed by atoms with E-state index in [2.05, 4.69) is 9.62 Å². The molecule has 5 nitrogen and oxygen atoms in total. The maximum absolute atomic E-state index is 12.8. The average molecular weight is 347 g/mol. The first-order valence-corrected chi connectivity index (χ1v) is 10.2. The highest BCUT2D eigenvalue weighted by Crippen LogP contribution is 2.39. The third-order valence-corrected chi connectivity index (χ3v) is 6.77. The number of benzene rings is 1. The van der Waals surface area contributed by atoms with Crippen LogP contribution < -0.4 is 9.62 Å². The van der Waals surface area contributed by atoms with Gasteiger partial charge in [0.05, 0.1) is 17.3 Å². The standard InChI is InChI=1S/C18H25N3O2S/c1-13(2)20-24(22,23)18-9-14(10-19)7-8-17(18)21-11-15-5-3-4-6-16(15)12-21/h7-9,13,15-16,20H,3-6,11-12H2,1-2H3/t15-,16-/m1/s1. The van der Waals surface area contributed by atoms with E-state index in [1.807, 2.05) is 6.07 Å². The van der Waals surface area contributed by atoms with Crippen molar-refractivity contribution in [2.75, 3.05) is 18.0 Å². The maximum atomic E-state index is 12.8. The lowest BCUT2D eigenvalue weighted by molar-refractivity contribution is 0.299. The van der Waals surface area contributed by atoms with Gasteiger partial charge in [0.15, 0.2) is 0 Å². The number of hydrogen-bond acceptors (Lipinski definition) is 4. The first kappa shape index (κ1) is 17.2. The second-order valence-corrected chi connectivity index (χ2v) is 8.96. The summed E-state index contributed by atoms with van der Waals surface area (Å²) in [6.07, 6.45) is 5.04. The van der Waals surface area contributed by atoms with Crippen LogP contribution in [0.25, 0.3) is 0 Å². The summed E-state index contributed by atoms with van der Waals surface area (Å²) >= 11 is 0. The number of nitrogens with one attached hydrogen (secondary N) is 1. The summed E-state index contributed by atoms with van der Waals surface area (Å²) < 4.78 is 28.2. The fourth-order valence-corrected chi connectivity index (χ4v) is 5.54. The third kappa shape index (κ3) is 3.42. The molecule has 1 aromatic rings. The van der Waals surface area contributed by atoms with Crippen molar-refractivity contribution in [1.29, 1.82) is 5.26 Å². The minimum atomic E-state index is -3.64. The van der Waals surface area contributed by atoms with Gasteiger partial charge in [-0.25, -0.2) is 13.1 Å². The molecule has 1 aromatic carbocycles. The van der Waals surface area contributed by atoms with Crippen molar-refractivity contribution in [2.45, 2.75) is 50.5 Å². The Hall–Kier alpha value is -1.58. The molecule has 1 saturated carbocycles. The van der Waals surface area contributed by atoms with E-state index in [1.54, 1.807) is 26.0 Å². The highest BCUT2D eigenvalue weighted by atomic mass is 32.2. The Morgan fingerprint density at radius 3 is 2.38 bits per heavy atom. The Kier molecular flexibility index (Phi) is 4.84. The summed E-state index contributed by atoms with van der Waals surface area (Å²) in [6.45, 7) is 5.44. The van der Waals surface area contributed by atoms with Crippen LogP contribution in [0.2, 0.25) is 0 Å². The predicted molar refractivity (Wildman–Crippen MR) is 94.3 cm³/mol. The van der Waals surface area contributed by atoms with Crippen LogP contribution >= 0.6 is 0 Å². The van der Waals surface area contributed by atoms with Crippen LogP contribution in [0.4, 0.5) is 5.69 Å². The summed E-state index contributed by atoms with van der Waals surface area (Å²) in [4.78, 5) is 2.44. The zero-order chi connectivity index (χ0) is 17.3. The Labute approximate surface area is 144 Å². The highest BCUT2D eigenvalue weighted by Gasteiger charge is 2.36. The van der Waals surface area contributed by atoms with E-state index < -0.39 is 10.0 Å². The summed E-state index contributed by atoms with van der Waals surface area (Å²) in [6, 6.07) is 6.88. The van der Waals surface area contributed by atoms with Gasteiger partial charge in [-0.3, -0.25) is 0 Å². The van der Waals surface area contributed by atoms with Crippen LogP contribution in [0.1, 0.15) is 45.1 Å². The van der Waals surface area contributed by atoms with Crippen LogP contribution in [0.15, 0.2) is 23.1 Å². The van der Waals surface area contributed by atoms with E-state index in [0.717, 1.165) is 18.8 Å². The lowest BCUT2D eigenvalue weighted by Gasteiger charge is -2.23. The molecule has 1 saturated heterocycles. The van der Waals surface area contributed by atoms with Crippen LogP contribution in [-0.4, -0.2) is 27.5 Å². The molecule has 0 amide bonds. The Morgan fingerprint density at radius 2 is 1.83 bits per heavy atom. The van der Waals surface area contributed by atoms with Crippen LogP contribution in [0.3, 0.4) is 0 Å². The first-order chi connectivity index (χ1) is 11.4. The minimum Gasteiger partial charge on any atom is -0.370 e. The molecule has 2 atom stereocenters. The molecule has 1 N–H and O–H groups in total. The molecule has 0 spiro atoms. The van der Waals surface area contributed by atoms with Crippen molar-refractivity contribution >= 4 is 15.7 Å². The van der Waals surface area contributed by atoms with Gasteiger partial charge in [-0.2, -0.15) is 5.26 Å². The zero-order valence-corrected chi connectivity index (χ0v) is 15.1. The molecular weight excluding hydrogens is 322 g/mol.